The maximum absolute atomic E-state index is 11.8. The van der Waals surface area contributed by atoms with Crippen molar-refractivity contribution in [1.82, 2.24) is 25.1 Å². The molecule has 0 amide bonds. The summed E-state index contributed by atoms with van der Waals surface area (Å²) in [5.41, 5.74) is 1.35. The number of rotatable bonds is 15. The molecule has 4 atom stereocenters. The lowest BCUT2D eigenvalue weighted by Gasteiger charge is -2.31. The molecule has 1 N–H and O–H groups in total. The maximum Gasteiger partial charge on any atom is 0.322 e. The fourth-order valence-electron chi connectivity index (χ4n) is 5.30. The van der Waals surface area contributed by atoms with Crippen LogP contribution in [0, 0.1) is 0 Å². The van der Waals surface area contributed by atoms with Crippen molar-refractivity contribution in [2.45, 2.75) is 96.7 Å². The zero-order valence-electron chi connectivity index (χ0n) is 27.1. The summed E-state index contributed by atoms with van der Waals surface area (Å²) in [6.07, 6.45) is 7.60. The molecular weight excluding hydrogens is 628 g/mol. The molecule has 16 nitrogen and oxygen atoms in total. The Hall–Kier alpha value is -4.83. The summed E-state index contributed by atoms with van der Waals surface area (Å²) in [5, 5.41) is 15.7. The number of anilines is 1. The van der Waals surface area contributed by atoms with E-state index in [-0.39, 0.29) is 26.4 Å². The van der Waals surface area contributed by atoms with Crippen molar-refractivity contribution in [3.8, 4) is 17.1 Å². The monoisotopic (exact) mass is 668 g/mol. The summed E-state index contributed by atoms with van der Waals surface area (Å²) in [7, 11) is 0. The van der Waals surface area contributed by atoms with Gasteiger partial charge in [-0.25, -0.2) is 4.68 Å². The first kappa shape index (κ1) is 34.5. The maximum atomic E-state index is 11.8. The van der Waals surface area contributed by atoms with E-state index >= 15 is 0 Å². The number of aromatic nitrogens is 5. The van der Waals surface area contributed by atoms with Crippen molar-refractivity contribution in [3.05, 3.63) is 48.3 Å². The van der Waals surface area contributed by atoms with E-state index < -0.39 is 42.5 Å². The van der Waals surface area contributed by atoms with Crippen molar-refractivity contribution in [2.24, 2.45) is 0 Å². The molecule has 0 radical (unpaired) electrons. The normalized spacial score (nSPS) is 20.1. The Morgan fingerprint density at radius 1 is 1.02 bits per heavy atom. The lowest BCUT2D eigenvalue weighted by Crippen LogP contribution is -2.43. The van der Waals surface area contributed by atoms with Gasteiger partial charge in [-0.3, -0.25) is 14.4 Å². The summed E-state index contributed by atoms with van der Waals surface area (Å²) in [5.74, 6) is -0.409. The van der Waals surface area contributed by atoms with E-state index in [1.165, 1.54) is 44.7 Å². The van der Waals surface area contributed by atoms with Crippen LogP contribution < -0.4 is 10.1 Å². The van der Waals surface area contributed by atoms with Crippen LogP contribution in [0.3, 0.4) is 0 Å². The van der Waals surface area contributed by atoms with Crippen molar-refractivity contribution < 1.29 is 47.3 Å². The van der Waals surface area contributed by atoms with Gasteiger partial charge in [-0.15, -0.1) is 5.10 Å². The van der Waals surface area contributed by atoms with E-state index in [9.17, 15) is 14.4 Å². The Balaban J connectivity index is 1.10. The molecule has 2 aliphatic rings. The average molecular weight is 669 g/mol. The van der Waals surface area contributed by atoms with Crippen molar-refractivity contribution >= 4 is 23.9 Å². The molecule has 5 rings (SSSR count). The number of esters is 3. The van der Waals surface area contributed by atoms with E-state index in [1.807, 2.05) is 24.3 Å². The van der Waals surface area contributed by atoms with Gasteiger partial charge in [0, 0.05) is 32.4 Å². The Labute approximate surface area is 277 Å². The number of carbonyl (C=O) groups excluding carboxylic acids is 3. The van der Waals surface area contributed by atoms with Crippen LogP contribution in [0.1, 0.15) is 58.6 Å². The fraction of sp³-hybridized carbons (Fsp3) is 0.531. The molecule has 1 aliphatic heterocycles. The van der Waals surface area contributed by atoms with Crippen LogP contribution in [0.5, 0.6) is 5.75 Å². The lowest BCUT2D eigenvalue weighted by molar-refractivity contribution is -0.205. The molecule has 16 heteroatoms. The third-order valence-corrected chi connectivity index (χ3v) is 7.50. The highest BCUT2D eigenvalue weighted by Crippen LogP contribution is 2.25. The molecular formula is C32H40N6O10. The van der Waals surface area contributed by atoms with Gasteiger partial charge in [-0.2, -0.15) is 4.98 Å². The molecule has 2 aromatic heterocycles. The van der Waals surface area contributed by atoms with E-state index in [0.717, 1.165) is 18.4 Å². The van der Waals surface area contributed by atoms with Crippen LogP contribution in [0.15, 0.2) is 47.1 Å². The second-order valence-corrected chi connectivity index (χ2v) is 11.5. The van der Waals surface area contributed by atoms with Crippen molar-refractivity contribution in [1.29, 1.82) is 0 Å². The van der Waals surface area contributed by atoms with Crippen molar-refractivity contribution in [3.63, 3.8) is 0 Å². The van der Waals surface area contributed by atoms with Gasteiger partial charge in [0.05, 0.1) is 19.3 Å². The zero-order valence-corrected chi connectivity index (χ0v) is 27.1. The number of nitrogens with zero attached hydrogens (tertiary/aromatic N) is 5. The smallest absolute Gasteiger partial charge is 0.322 e. The Morgan fingerprint density at radius 3 is 2.54 bits per heavy atom. The number of ether oxygens (including phenoxy) is 6. The molecule has 3 aromatic rings. The molecule has 0 spiro atoms. The first-order chi connectivity index (χ1) is 23.2. The van der Waals surface area contributed by atoms with Gasteiger partial charge in [0.15, 0.2) is 6.29 Å². The van der Waals surface area contributed by atoms with Crippen LogP contribution in [0.4, 0.5) is 6.01 Å². The molecule has 48 heavy (non-hydrogen) atoms. The van der Waals surface area contributed by atoms with Gasteiger partial charge in [-0.1, -0.05) is 29.6 Å². The first-order valence-corrected chi connectivity index (χ1v) is 15.9. The van der Waals surface area contributed by atoms with E-state index in [1.54, 1.807) is 18.3 Å². The SMILES string of the molecule is CC(=O)OC[C@H]1O[C@H](OC[C@H](Cn2cc(COc3ccc(-c4noc(NC5CCCCC5)n4)cc3)nn2)OC(C)=O)C=C[C@@H]1OC(C)=O. The van der Waals surface area contributed by atoms with Gasteiger partial charge in [0.2, 0.25) is 5.82 Å². The number of benzene rings is 1. The highest BCUT2D eigenvalue weighted by molar-refractivity contribution is 5.67. The second kappa shape index (κ2) is 16.8. The Morgan fingerprint density at radius 2 is 1.81 bits per heavy atom. The predicted octanol–water partition coefficient (Wildman–Crippen LogP) is 3.38. The number of hydrogen-bond donors (Lipinski definition) is 1. The minimum absolute atomic E-state index is 0.0519. The highest BCUT2D eigenvalue weighted by atomic mass is 16.7. The fourth-order valence-corrected chi connectivity index (χ4v) is 5.30. The standard InChI is InChI=1S/C32H40N6O10/c1-20(39)42-19-29-28(46-22(3)41)13-14-30(47-29)44-18-27(45-21(2)40)16-38-15-25(35-37-38)17-43-26-11-9-23(10-12-26)31-34-32(48-36-31)33-24-7-5-4-6-8-24/h9-15,24,27-30H,4-8,16-19H2,1-3H3,(H,33,34,36)/t27-,28-,29+,30-/m0/s1. The third-order valence-electron chi connectivity index (χ3n) is 7.50. The summed E-state index contributed by atoms with van der Waals surface area (Å²) in [4.78, 5) is 39.0. The van der Waals surface area contributed by atoms with Crippen LogP contribution in [0.25, 0.3) is 11.4 Å². The second-order valence-electron chi connectivity index (χ2n) is 11.5. The number of hydrogen-bond acceptors (Lipinski definition) is 15. The molecule has 1 saturated carbocycles. The summed E-state index contributed by atoms with van der Waals surface area (Å²) in [6.45, 7) is 3.93. The molecule has 1 fully saturated rings. The summed E-state index contributed by atoms with van der Waals surface area (Å²) >= 11 is 0. The van der Waals surface area contributed by atoms with Gasteiger partial charge in [0.1, 0.15) is 43.0 Å². The summed E-state index contributed by atoms with van der Waals surface area (Å²) < 4.78 is 40.2. The topological polar surface area (TPSA) is 188 Å². The summed E-state index contributed by atoms with van der Waals surface area (Å²) in [6, 6.07) is 8.13. The van der Waals surface area contributed by atoms with Crippen molar-refractivity contribution in [2.75, 3.05) is 18.5 Å². The predicted molar refractivity (Wildman–Crippen MR) is 166 cm³/mol. The molecule has 1 aromatic carbocycles. The average Bonchev–Trinajstić information content (AvgIpc) is 3.72. The third kappa shape index (κ3) is 10.6. The molecule has 0 bridgehead atoms. The van der Waals surface area contributed by atoms with Gasteiger partial charge >= 0.3 is 23.9 Å². The zero-order chi connectivity index (χ0) is 33.9. The minimum Gasteiger partial charge on any atom is -0.487 e. The molecule has 0 saturated heterocycles. The van der Waals surface area contributed by atoms with E-state index in [0.29, 0.717) is 29.3 Å². The van der Waals surface area contributed by atoms with Gasteiger partial charge in [-0.05, 0) is 49.3 Å². The lowest BCUT2D eigenvalue weighted by atomic mass is 9.96. The van der Waals surface area contributed by atoms with Gasteiger partial charge < -0.3 is 38.3 Å². The highest BCUT2D eigenvalue weighted by Gasteiger charge is 2.31. The van der Waals surface area contributed by atoms with Crippen LogP contribution in [-0.4, -0.2) is 86.9 Å². The van der Waals surface area contributed by atoms with Crippen LogP contribution >= 0.6 is 0 Å². The Bertz CT molecular complexity index is 1530. The first-order valence-electron chi connectivity index (χ1n) is 15.9. The molecule has 1 aliphatic carbocycles. The molecule has 3 heterocycles. The quantitative estimate of drug-likeness (QED) is 0.141. The Kier molecular flexibility index (Phi) is 12.1. The number of nitrogens with one attached hydrogen (secondary N) is 1. The van der Waals surface area contributed by atoms with Crippen LogP contribution in [0.2, 0.25) is 0 Å². The van der Waals surface area contributed by atoms with Gasteiger partial charge in [0.25, 0.3) is 0 Å². The van der Waals surface area contributed by atoms with Crippen LogP contribution in [-0.2, 0) is 51.2 Å². The molecule has 258 valence electrons. The van der Waals surface area contributed by atoms with E-state index in [2.05, 4.69) is 25.8 Å². The molecule has 0 unspecified atom stereocenters. The number of carbonyl (C=O) groups is 3. The minimum atomic E-state index is -0.873. The van der Waals surface area contributed by atoms with E-state index in [4.69, 9.17) is 32.9 Å². The largest absolute Gasteiger partial charge is 0.487 e.